The predicted octanol–water partition coefficient (Wildman–Crippen LogP) is 1.77. The van der Waals surface area contributed by atoms with Crippen molar-refractivity contribution >= 4 is 11.3 Å². The SMILES string of the molecule is C1CCN(Cc2nc3c(s2)CNCC3)CC1. The first-order valence-electron chi connectivity index (χ1n) is 6.32. The molecule has 3 rings (SSSR count). The fourth-order valence-electron chi connectivity index (χ4n) is 2.56. The third kappa shape index (κ3) is 2.29. The normalized spacial score (nSPS) is 22.0. The lowest BCUT2D eigenvalue weighted by atomic mass is 10.1. The standard InChI is InChI=1S/C12H19N3S/c1-2-6-15(7-3-1)9-12-14-10-4-5-13-8-11(10)16-12/h13H,1-9H2. The van der Waals surface area contributed by atoms with Crippen LogP contribution in [0.15, 0.2) is 0 Å². The highest BCUT2D eigenvalue weighted by Gasteiger charge is 2.17. The molecular formula is C12H19N3S. The van der Waals surface area contributed by atoms with Crippen LogP contribution in [0.25, 0.3) is 0 Å². The fraction of sp³-hybridized carbons (Fsp3) is 0.750. The Kier molecular flexibility index (Phi) is 3.22. The molecule has 0 saturated carbocycles. The first-order chi connectivity index (χ1) is 7.92. The van der Waals surface area contributed by atoms with Crippen molar-refractivity contribution in [1.82, 2.24) is 15.2 Å². The molecule has 0 unspecified atom stereocenters. The van der Waals surface area contributed by atoms with Gasteiger partial charge in [0.15, 0.2) is 0 Å². The van der Waals surface area contributed by atoms with Gasteiger partial charge in [-0.1, -0.05) is 6.42 Å². The van der Waals surface area contributed by atoms with E-state index in [1.165, 1.54) is 47.9 Å². The monoisotopic (exact) mass is 237 g/mol. The fourth-order valence-corrected chi connectivity index (χ4v) is 3.68. The van der Waals surface area contributed by atoms with Gasteiger partial charge in [0.25, 0.3) is 0 Å². The lowest BCUT2D eigenvalue weighted by molar-refractivity contribution is 0.220. The Labute approximate surface area is 101 Å². The smallest absolute Gasteiger partial charge is 0.107 e. The Morgan fingerprint density at radius 2 is 2.12 bits per heavy atom. The molecule has 1 aromatic heterocycles. The van der Waals surface area contributed by atoms with Crippen LogP contribution in [-0.2, 0) is 19.5 Å². The van der Waals surface area contributed by atoms with Gasteiger partial charge in [-0.2, -0.15) is 0 Å². The highest BCUT2D eigenvalue weighted by Crippen LogP contribution is 2.23. The summed E-state index contributed by atoms with van der Waals surface area (Å²) in [4.78, 5) is 8.81. The third-order valence-corrected chi connectivity index (χ3v) is 4.54. The highest BCUT2D eigenvalue weighted by molar-refractivity contribution is 7.11. The number of fused-ring (bicyclic) bond motifs is 1. The Hall–Kier alpha value is -0.450. The minimum Gasteiger partial charge on any atom is -0.311 e. The van der Waals surface area contributed by atoms with Crippen molar-refractivity contribution in [2.75, 3.05) is 19.6 Å². The van der Waals surface area contributed by atoms with Crippen molar-refractivity contribution in [3.05, 3.63) is 15.6 Å². The summed E-state index contributed by atoms with van der Waals surface area (Å²) in [5.74, 6) is 0. The molecule has 0 radical (unpaired) electrons. The zero-order chi connectivity index (χ0) is 10.8. The van der Waals surface area contributed by atoms with E-state index in [0.717, 1.165) is 26.1 Å². The maximum atomic E-state index is 4.78. The Balaban J connectivity index is 1.67. The third-order valence-electron chi connectivity index (χ3n) is 3.45. The van der Waals surface area contributed by atoms with Crippen molar-refractivity contribution in [2.24, 2.45) is 0 Å². The van der Waals surface area contributed by atoms with E-state index in [2.05, 4.69) is 10.2 Å². The number of hydrogen-bond donors (Lipinski definition) is 1. The highest BCUT2D eigenvalue weighted by atomic mass is 32.1. The maximum Gasteiger partial charge on any atom is 0.107 e. The number of aromatic nitrogens is 1. The van der Waals surface area contributed by atoms with Crippen LogP contribution in [0.4, 0.5) is 0 Å². The van der Waals surface area contributed by atoms with E-state index in [1.807, 2.05) is 11.3 Å². The van der Waals surface area contributed by atoms with Crippen LogP contribution in [-0.4, -0.2) is 29.5 Å². The molecule has 88 valence electrons. The second-order valence-corrected chi connectivity index (χ2v) is 5.91. The number of nitrogens with zero attached hydrogens (tertiary/aromatic N) is 2. The summed E-state index contributed by atoms with van der Waals surface area (Å²) in [7, 11) is 0. The second-order valence-electron chi connectivity index (χ2n) is 4.74. The quantitative estimate of drug-likeness (QED) is 0.850. The molecule has 3 heterocycles. The van der Waals surface area contributed by atoms with Gasteiger partial charge < -0.3 is 5.32 Å². The van der Waals surface area contributed by atoms with E-state index in [9.17, 15) is 0 Å². The minimum atomic E-state index is 1.03. The van der Waals surface area contributed by atoms with Crippen LogP contribution in [0.3, 0.4) is 0 Å². The summed E-state index contributed by atoms with van der Waals surface area (Å²) in [5.41, 5.74) is 1.36. The molecule has 1 N–H and O–H groups in total. The molecule has 0 amide bonds. The summed E-state index contributed by atoms with van der Waals surface area (Å²) in [6.07, 6.45) is 5.26. The van der Waals surface area contributed by atoms with E-state index in [4.69, 9.17) is 4.98 Å². The number of rotatable bonds is 2. The van der Waals surface area contributed by atoms with E-state index >= 15 is 0 Å². The van der Waals surface area contributed by atoms with Crippen LogP contribution < -0.4 is 5.32 Å². The number of hydrogen-bond acceptors (Lipinski definition) is 4. The van der Waals surface area contributed by atoms with Gasteiger partial charge in [-0.15, -0.1) is 11.3 Å². The van der Waals surface area contributed by atoms with Crippen molar-refractivity contribution in [2.45, 2.75) is 38.8 Å². The zero-order valence-corrected chi connectivity index (χ0v) is 10.5. The lowest BCUT2D eigenvalue weighted by Gasteiger charge is -2.25. The van der Waals surface area contributed by atoms with Gasteiger partial charge in [0.1, 0.15) is 5.01 Å². The van der Waals surface area contributed by atoms with Crippen LogP contribution in [0.1, 0.15) is 34.8 Å². The zero-order valence-electron chi connectivity index (χ0n) is 9.67. The molecule has 0 aliphatic carbocycles. The number of thiazole rings is 1. The van der Waals surface area contributed by atoms with Crippen molar-refractivity contribution in [3.8, 4) is 0 Å². The molecule has 2 aliphatic rings. The van der Waals surface area contributed by atoms with Crippen LogP contribution in [0.2, 0.25) is 0 Å². The van der Waals surface area contributed by atoms with Gasteiger partial charge in [0.2, 0.25) is 0 Å². The molecule has 0 bridgehead atoms. The van der Waals surface area contributed by atoms with Crippen molar-refractivity contribution in [1.29, 1.82) is 0 Å². The summed E-state index contributed by atoms with van der Waals surface area (Å²) in [6, 6.07) is 0. The average molecular weight is 237 g/mol. The van der Waals surface area contributed by atoms with Crippen LogP contribution in [0, 0.1) is 0 Å². The molecule has 0 atom stereocenters. The number of piperidine rings is 1. The average Bonchev–Trinajstić information content (AvgIpc) is 2.72. The van der Waals surface area contributed by atoms with Gasteiger partial charge in [-0.3, -0.25) is 4.90 Å². The van der Waals surface area contributed by atoms with Crippen molar-refractivity contribution in [3.63, 3.8) is 0 Å². The summed E-state index contributed by atoms with van der Waals surface area (Å²) in [6.45, 7) is 5.75. The van der Waals surface area contributed by atoms with Gasteiger partial charge in [0.05, 0.1) is 12.2 Å². The van der Waals surface area contributed by atoms with Gasteiger partial charge in [0, 0.05) is 24.4 Å². The van der Waals surface area contributed by atoms with Crippen molar-refractivity contribution < 1.29 is 0 Å². The largest absolute Gasteiger partial charge is 0.311 e. The first-order valence-corrected chi connectivity index (χ1v) is 7.14. The van der Waals surface area contributed by atoms with Gasteiger partial charge in [-0.05, 0) is 25.9 Å². The van der Waals surface area contributed by atoms with E-state index in [1.54, 1.807) is 0 Å². The molecule has 0 aromatic carbocycles. The molecule has 3 nitrogen and oxygen atoms in total. The molecule has 1 fully saturated rings. The molecule has 0 spiro atoms. The topological polar surface area (TPSA) is 28.2 Å². The summed E-state index contributed by atoms with van der Waals surface area (Å²) >= 11 is 1.91. The number of nitrogens with one attached hydrogen (secondary N) is 1. The Bertz CT molecular complexity index is 332. The van der Waals surface area contributed by atoms with Gasteiger partial charge >= 0.3 is 0 Å². The van der Waals surface area contributed by atoms with Crippen LogP contribution >= 0.6 is 11.3 Å². The summed E-state index contributed by atoms with van der Waals surface area (Å²) < 4.78 is 0. The van der Waals surface area contributed by atoms with Gasteiger partial charge in [-0.25, -0.2) is 4.98 Å². The first kappa shape index (κ1) is 10.7. The molecule has 16 heavy (non-hydrogen) atoms. The second kappa shape index (κ2) is 4.82. The summed E-state index contributed by atoms with van der Waals surface area (Å²) in [5, 5.41) is 4.74. The Morgan fingerprint density at radius 1 is 1.25 bits per heavy atom. The minimum absolute atomic E-state index is 1.03. The molecule has 4 heteroatoms. The lowest BCUT2D eigenvalue weighted by Crippen LogP contribution is -2.29. The van der Waals surface area contributed by atoms with Crippen LogP contribution in [0.5, 0.6) is 0 Å². The molecular weight excluding hydrogens is 218 g/mol. The van der Waals surface area contributed by atoms with E-state index < -0.39 is 0 Å². The number of likely N-dealkylation sites (tertiary alicyclic amines) is 1. The predicted molar refractivity (Wildman–Crippen MR) is 66.7 cm³/mol. The van der Waals surface area contributed by atoms with E-state index in [0.29, 0.717) is 0 Å². The maximum absolute atomic E-state index is 4.78. The molecule has 1 saturated heterocycles. The molecule has 2 aliphatic heterocycles. The Morgan fingerprint density at radius 3 is 2.94 bits per heavy atom. The molecule has 1 aromatic rings. The van der Waals surface area contributed by atoms with E-state index in [-0.39, 0.29) is 0 Å².